The van der Waals surface area contributed by atoms with Gasteiger partial charge in [-0.25, -0.2) is 8.42 Å². The first-order chi connectivity index (χ1) is 15.2. The predicted molar refractivity (Wildman–Crippen MR) is 121 cm³/mol. The van der Waals surface area contributed by atoms with Gasteiger partial charge in [0.25, 0.3) is 5.91 Å². The van der Waals surface area contributed by atoms with E-state index in [9.17, 15) is 13.2 Å². The normalized spacial score (nSPS) is 17.4. The fraction of sp³-hybridized carbons (Fsp3) is 0.409. The molecule has 9 nitrogen and oxygen atoms in total. The Balaban J connectivity index is 1.49. The zero-order valence-corrected chi connectivity index (χ0v) is 19.2. The molecule has 0 spiro atoms. The van der Waals surface area contributed by atoms with Gasteiger partial charge in [-0.2, -0.15) is 4.31 Å². The van der Waals surface area contributed by atoms with Gasteiger partial charge in [0.05, 0.1) is 4.90 Å². The van der Waals surface area contributed by atoms with Crippen LogP contribution in [0.3, 0.4) is 0 Å². The van der Waals surface area contributed by atoms with Crippen molar-refractivity contribution in [2.24, 2.45) is 5.92 Å². The van der Waals surface area contributed by atoms with Crippen molar-refractivity contribution in [3.05, 3.63) is 47.5 Å². The molecule has 170 valence electrons. The molecule has 0 aliphatic carbocycles. The summed E-state index contributed by atoms with van der Waals surface area (Å²) in [4.78, 5) is 19.1. The molecule has 1 aliphatic rings. The van der Waals surface area contributed by atoms with Gasteiger partial charge in [0, 0.05) is 18.8 Å². The van der Waals surface area contributed by atoms with Gasteiger partial charge in [-0.1, -0.05) is 29.5 Å². The molecule has 10 heteroatoms. The molecular formula is C22H27N5O4S. The van der Waals surface area contributed by atoms with Crippen molar-refractivity contribution in [3.8, 4) is 0 Å². The van der Waals surface area contributed by atoms with Crippen LogP contribution in [0.15, 0.2) is 41.3 Å². The molecular weight excluding hydrogens is 430 g/mol. The van der Waals surface area contributed by atoms with Crippen molar-refractivity contribution >= 4 is 32.7 Å². The molecule has 1 N–H and O–H groups in total. The Morgan fingerprint density at radius 3 is 2.78 bits per heavy atom. The molecule has 1 aliphatic heterocycles. The van der Waals surface area contributed by atoms with E-state index < -0.39 is 10.0 Å². The first kappa shape index (κ1) is 22.2. The highest BCUT2D eigenvalue weighted by atomic mass is 32.2. The zero-order valence-electron chi connectivity index (χ0n) is 18.4. The van der Waals surface area contributed by atoms with Crippen LogP contribution in [0.25, 0.3) is 11.0 Å². The maximum atomic E-state index is 13.1. The van der Waals surface area contributed by atoms with Gasteiger partial charge in [0.2, 0.25) is 10.0 Å². The summed E-state index contributed by atoms with van der Waals surface area (Å²) in [6.07, 6.45) is 1.88. The lowest BCUT2D eigenvalue weighted by Gasteiger charge is -2.30. The van der Waals surface area contributed by atoms with Gasteiger partial charge < -0.3 is 10.2 Å². The molecule has 1 fully saturated rings. The van der Waals surface area contributed by atoms with E-state index in [1.165, 1.54) is 16.4 Å². The van der Waals surface area contributed by atoms with Crippen LogP contribution in [0, 0.1) is 19.8 Å². The Morgan fingerprint density at radius 1 is 1.22 bits per heavy atom. The van der Waals surface area contributed by atoms with Crippen LogP contribution >= 0.6 is 0 Å². The van der Waals surface area contributed by atoms with Crippen LogP contribution in [0.2, 0.25) is 0 Å². The Hall–Kier alpha value is -2.98. The van der Waals surface area contributed by atoms with Gasteiger partial charge in [-0.05, 0) is 67.6 Å². The molecule has 0 radical (unpaired) electrons. The maximum Gasteiger partial charge on any atom is 0.265 e. The minimum Gasteiger partial charge on any atom is -0.385 e. The van der Waals surface area contributed by atoms with E-state index in [0.29, 0.717) is 35.7 Å². The van der Waals surface area contributed by atoms with Crippen molar-refractivity contribution in [3.63, 3.8) is 0 Å². The number of carbonyl (C=O) groups excluding carboxylic acids is 1. The second-order valence-electron chi connectivity index (χ2n) is 8.36. The van der Waals surface area contributed by atoms with E-state index in [-0.39, 0.29) is 17.4 Å². The zero-order chi connectivity index (χ0) is 22.9. The molecule has 0 saturated carbocycles. The van der Waals surface area contributed by atoms with Crippen LogP contribution in [0.1, 0.15) is 30.9 Å². The number of aromatic nitrogens is 3. The summed E-state index contributed by atoms with van der Waals surface area (Å²) in [5.74, 6) is -0.0276. The average molecular weight is 458 g/mol. The SMILES string of the molecule is Cc1ccc(NC(=O)COn2nnc3ccc(S(=O)(=O)N4CCCC(C)C4)cc32)c(C)c1. The van der Waals surface area contributed by atoms with Crippen LogP contribution < -0.4 is 10.2 Å². The first-order valence-corrected chi connectivity index (χ1v) is 12.0. The Labute approximate surface area is 187 Å². The fourth-order valence-electron chi connectivity index (χ4n) is 3.91. The number of amides is 1. The number of fused-ring (bicyclic) bond motifs is 1. The topological polar surface area (TPSA) is 106 Å². The third-order valence-corrected chi connectivity index (χ3v) is 7.48. The van der Waals surface area contributed by atoms with Crippen LogP contribution in [-0.2, 0) is 14.8 Å². The third kappa shape index (κ3) is 4.61. The van der Waals surface area contributed by atoms with Crippen LogP contribution in [0.5, 0.6) is 0 Å². The lowest BCUT2D eigenvalue weighted by atomic mass is 10.0. The van der Waals surface area contributed by atoms with Crippen molar-refractivity contribution in [1.29, 1.82) is 0 Å². The summed E-state index contributed by atoms with van der Waals surface area (Å²) in [7, 11) is -3.63. The Morgan fingerprint density at radius 2 is 2.03 bits per heavy atom. The number of aryl methyl sites for hydroxylation is 2. The lowest BCUT2D eigenvalue weighted by molar-refractivity contribution is -0.121. The highest BCUT2D eigenvalue weighted by Gasteiger charge is 2.29. The molecule has 4 rings (SSSR count). The number of hydrogen-bond donors (Lipinski definition) is 1. The van der Waals surface area contributed by atoms with Crippen LogP contribution in [0.4, 0.5) is 5.69 Å². The number of anilines is 1. The monoisotopic (exact) mass is 457 g/mol. The Kier molecular flexibility index (Phi) is 6.16. The number of carbonyl (C=O) groups is 1. The van der Waals surface area contributed by atoms with Crippen molar-refractivity contribution in [1.82, 2.24) is 19.5 Å². The molecule has 2 heterocycles. The van der Waals surface area contributed by atoms with E-state index >= 15 is 0 Å². The minimum atomic E-state index is -3.63. The Bertz CT molecular complexity index is 1250. The number of piperidine rings is 1. The van der Waals surface area contributed by atoms with E-state index in [1.54, 1.807) is 6.07 Å². The molecule has 1 aromatic heterocycles. The van der Waals surface area contributed by atoms with E-state index in [0.717, 1.165) is 28.8 Å². The first-order valence-electron chi connectivity index (χ1n) is 10.6. The summed E-state index contributed by atoms with van der Waals surface area (Å²) >= 11 is 0. The van der Waals surface area contributed by atoms with Crippen molar-refractivity contribution in [2.45, 2.75) is 38.5 Å². The van der Waals surface area contributed by atoms with Crippen molar-refractivity contribution in [2.75, 3.05) is 25.0 Å². The maximum absolute atomic E-state index is 13.1. The smallest absolute Gasteiger partial charge is 0.265 e. The second-order valence-corrected chi connectivity index (χ2v) is 10.3. The lowest BCUT2D eigenvalue weighted by Crippen LogP contribution is -2.39. The molecule has 2 aromatic carbocycles. The summed E-state index contributed by atoms with van der Waals surface area (Å²) in [6, 6.07) is 10.4. The number of benzene rings is 2. The molecule has 1 atom stereocenters. The highest BCUT2D eigenvalue weighted by molar-refractivity contribution is 7.89. The minimum absolute atomic E-state index is 0.158. The molecule has 1 unspecified atom stereocenters. The number of rotatable bonds is 6. The van der Waals surface area contributed by atoms with Gasteiger partial charge in [-0.15, -0.1) is 5.10 Å². The van der Waals surface area contributed by atoms with E-state index in [2.05, 4.69) is 22.6 Å². The second kappa shape index (κ2) is 8.87. The predicted octanol–water partition coefficient (Wildman–Crippen LogP) is 2.54. The molecule has 3 aromatic rings. The van der Waals surface area contributed by atoms with Crippen molar-refractivity contribution < 1.29 is 18.0 Å². The summed E-state index contributed by atoms with van der Waals surface area (Å²) in [5.41, 5.74) is 3.63. The standard InChI is InChI=1S/C22H27N5O4S/c1-15-6-8-19(17(3)11-15)23-22(28)14-31-27-21-12-18(7-9-20(21)24-25-27)32(29,30)26-10-4-5-16(2)13-26/h6-9,11-12,16H,4-5,10,13-14H2,1-3H3,(H,23,28). The summed E-state index contributed by atoms with van der Waals surface area (Å²) in [5, 5.41) is 10.7. The van der Waals surface area contributed by atoms with E-state index in [4.69, 9.17) is 4.84 Å². The number of nitrogens with zero attached hydrogens (tertiary/aromatic N) is 4. The molecule has 1 amide bonds. The summed E-state index contributed by atoms with van der Waals surface area (Å²) in [6.45, 7) is 6.68. The van der Waals surface area contributed by atoms with E-state index in [1.807, 2.05) is 32.0 Å². The largest absolute Gasteiger partial charge is 0.385 e. The molecule has 0 bridgehead atoms. The average Bonchev–Trinajstić information content (AvgIpc) is 3.16. The van der Waals surface area contributed by atoms with Gasteiger partial charge in [0.15, 0.2) is 6.61 Å². The van der Waals surface area contributed by atoms with Gasteiger partial charge in [-0.3, -0.25) is 4.79 Å². The highest BCUT2D eigenvalue weighted by Crippen LogP contribution is 2.25. The van der Waals surface area contributed by atoms with Gasteiger partial charge in [0.1, 0.15) is 11.0 Å². The summed E-state index contributed by atoms with van der Waals surface area (Å²) < 4.78 is 27.7. The third-order valence-electron chi connectivity index (χ3n) is 5.62. The quantitative estimate of drug-likeness (QED) is 0.610. The molecule has 32 heavy (non-hydrogen) atoms. The number of sulfonamides is 1. The number of nitrogens with one attached hydrogen (secondary N) is 1. The number of hydrogen-bond acceptors (Lipinski definition) is 6. The van der Waals surface area contributed by atoms with Gasteiger partial charge >= 0.3 is 0 Å². The fourth-order valence-corrected chi connectivity index (χ4v) is 5.53. The molecule has 1 saturated heterocycles. The van der Waals surface area contributed by atoms with Crippen LogP contribution in [-0.4, -0.2) is 53.5 Å².